The number of hydrogen-bond donors (Lipinski definition) is 1. The number of nitrogens with zero attached hydrogens (tertiary/aromatic N) is 1. The van der Waals surface area contributed by atoms with Gasteiger partial charge in [0.05, 0.1) is 16.8 Å². The predicted octanol–water partition coefficient (Wildman–Crippen LogP) is 5.21. The van der Waals surface area contributed by atoms with Crippen molar-refractivity contribution in [2.24, 2.45) is 0 Å². The number of hydrogen-bond acceptors (Lipinski definition) is 7. The molecule has 0 radical (unpaired) electrons. The van der Waals surface area contributed by atoms with Crippen LogP contribution in [0.1, 0.15) is 25.6 Å². The van der Waals surface area contributed by atoms with Gasteiger partial charge in [-0.25, -0.2) is 4.79 Å². The summed E-state index contributed by atoms with van der Waals surface area (Å²) in [5.41, 5.74) is 0.0352. The molecule has 0 spiro atoms. The summed E-state index contributed by atoms with van der Waals surface area (Å²) in [6, 6.07) is 13.4. The van der Waals surface area contributed by atoms with Crippen molar-refractivity contribution in [3.8, 4) is 5.75 Å². The second-order valence-electron chi connectivity index (χ2n) is 5.57. The van der Waals surface area contributed by atoms with Crippen molar-refractivity contribution in [1.29, 1.82) is 0 Å². The zero-order valence-electron chi connectivity index (χ0n) is 14.2. The number of allylic oxidation sites excluding steroid dienone is 1. The average molecular weight is 415 g/mol. The highest BCUT2D eigenvalue weighted by atomic mass is 35.5. The summed E-state index contributed by atoms with van der Waals surface area (Å²) in [4.78, 5) is 25.9. The molecule has 142 valence electrons. The number of ketones is 1. The molecule has 1 N–H and O–H groups in total. The molecule has 0 unspecified atom stereocenters. The number of halogens is 1. The quantitative estimate of drug-likeness (QED) is 0.196. The molecule has 1 aromatic heterocycles. The van der Waals surface area contributed by atoms with Gasteiger partial charge < -0.3 is 15.2 Å². The highest BCUT2D eigenvalue weighted by Crippen LogP contribution is 2.26. The number of benzene rings is 2. The van der Waals surface area contributed by atoms with E-state index < -0.39 is 5.97 Å². The molecule has 3 rings (SSSR count). The van der Waals surface area contributed by atoms with Crippen LogP contribution in [0.3, 0.4) is 0 Å². The summed E-state index contributed by atoms with van der Waals surface area (Å²) >= 11 is 7.47. The Labute approximate surface area is 169 Å². The molecule has 0 bridgehead atoms. The van der Waals surface area contributed by atoms with Gasteiger partial charge in [0.25, 0.3) is 0 Å². The number of anilines is 1. The molecule has 0 atom stereocenters. The molecule has 0 amide bonds. The summed E-state index contributed by atoms with van der Waals surface area (Å²) in [5.74, 6) is -1.14. The van der Waals surface area contributed by atoms with E-state index in [0.717, 1.165) is 4.88 Å². The van der Waals surface area contributed by atoms with Crippen molar-refractivity contribution in [3.63, 3.8) is 0 Å². The summed E-state index contributed by atoms with van der Waals surface area (Å²) < 4.78 is 5.33. The normalized spacial score (nSPS) is 10.8. The van der Waals surface area contributed by atoms with Crippen LogP contribution in [0.5, 0.6) is 5.75 Å². The fourth-order valence-corrected chi connectivity index (χ4v) is 3.12. The van der Waals surface area contributed by atoms with Gasteiger partial charge in [0.1, 0.15) is 5.75 Å². The second kappa shape index (κ2) is 8.81. The minimum Gasteiger partial charge on any atom is -0.733 e. The van der Waals surface area contributed by atoms with Crippen LogP contribution < -0.4 is 9.96 Å². The smallest absolute Gasteiger partial charge is 0.343 e. The topological polar surface area (TPSA) is 89.9 Å². The Kier molecular flexibility index (Phi) is 6.23. The maximum Gasteiger partial charge on any atom is 0.343 e. The molecule has 2 aromatic carbocycles. The Morgan fingerprint density at radius 2 is 1.96 bits per heavy atom. The molecule has 0 saturated carbocycles. The van der Waals surface area contributed by atoms with Crippen molar-refractivity contribution < 1.29 is 19.5 Å². The van der Waals surface area contributed by atoms with Gasteiger partial charge >= 0.3 is 5.97 Å². The Bertz CT molecular complexity index is 1030. The molecule has 6 nitrogen and oxygen atoms in total. The van der Waals surface area contributed by atoms with Crippen LogP contribution in [0.4, 0.5) is 5.69 Å². The van der Waals surface area contributed by atoms with E-state index in [4.69, 9.17) is 21.5 Å². The van der Waals surface area contributed by atoms with Crippen LogP contribution in [0.15, 0.2) is 66.1 Å². The molecule has 8 heteroatoms. The Balaban J connectivity index is 1.85. The Morgan fingerprint density at radius 3 is 2.68 bits per heavy atom. The van der Waals surface area contributed by atoms with Gasteiger partial charge in [-0.3, -0.25) is 10.0 Å². The number of carbonyl (C=O) groups excluding carboxylic acids is 2. The van der Waals surface area contributed by atoms with Gasteiger partial charge in [-0.1, -0.05) is 23.7 Å². The van der Waals surface area contributed by atoms with Crippen molar-refractivity contribution in [2.45, 2.75) is 0 Å². The largest absolute Gasteiger partial charge is 0.733 e. The summed E-state index contributed by atoms with van der Waals surface area (Å²) in [5, 5.41) is 21.8. The predicted molar refractivity (Wildman–Crippen MR) is 108 cm³/mol. The van der Waals surface area contributed by atoms with Gasteiger partial charge in [0, 0.05) is 9.90 Å². The van der Waals surface area contributed by atoms with Crippen molar-refractivity contribution in [2.75, 3.05) is 5.23 Å². The van der Waals surface area contributed by atoms with Gasteiger partial charge in [-0.2, -0.15) is 0 Å². The molecule has 3 aromatic rings. The van der Waals surface area contributed by atoms with Gasteiger partial charge in [0.15, 0.2) is 5.78 Å². The van der Waals surface area contributed by atoms with E-state index in [0.29, 0.717) is 5.02 Å². The zero-order valence-corrected chi connectivity index (χ0v) is 15.8. The third-order valence-electron chi connectivity index (χ3n) is 3.65. The molecular formula is C20H13ClNO5S-. The van der Waals surface area contributed by atoms with Crippen LogP contribution >= 0.6 is 22.9 Å². The fourth-order valence-electron chi connectivity index (χ4n) is 2.33. The van der Waals surface area contributed by atoms with Crippen LogP contribution in [-0.2, 0) is 0 Å². The SMILES string of the molecule is O=C(Oc1ccc(Cl)cc1C(=O)C=Cc1cccs1)c1cccc(N([O-])O)c1. The average Bonchev–Trinajstić information content (AvgIpc) is 3.21. The van der Waals surface area contributed by atoms with Crippen molar-refractivity contribution >= 4 is 46.5 Å². The van der Waals surface area contributed by atoms with E-state index >= 15 is 0 Å². The highest BCUT2D eigenvalue weighted by molar-refractivity contribution is 7.10. The minimum absolute atomic E-state index is 0.0311. The third kappa shape index (κ3) is 4.85. The van der Waals surface area contributed by atoms with E-state index in [-0.39, 0.29) is 33.6 Å². The maximum atomic E-state index is 12.6. The Morgan fingerprint density at radius 1 is 1.14 bits per heavy atom. The van der Waals surface area contributed by atoms with E-state index in [1.807, 2.05) is 17.5 Å². The molecule has 0 fully saturated rings. The first kappa shape index (κ1) is 19.8. The highest BCUT2D eigenvalue weighted by Gasteiger charge is 2.16. The van der Waals surface area contributed by atoms with Gasteiger partial charge in [0.2, 0.25) is 0 Å². The van der Waals surface area contributed by atoms with Crippen LogP contribution in [0.2, 0.25) is 5.02 Å². The number of rotatable bonds is 6. The molecule has 0 saturated heterocycles. The first-order chi connectivity index (χ1) is 13.4. The lowest BCUT2D eigenvalue weighted by atomic mass is 10.1. The fraction of sp³-hybridized carbons (Fsp3) is 0. The molecule has 0 aliphatic heterocycles. The van der Waals surface area contributed by atoms with E-state index in [9.17, 15) is 14.8 Å². The zero-order chi connectivity index (χ0) is 20.1. The van der Waals surface area contributed by atoms with E-state index in [1.165, 1.54) is 59.9 Å². The summed E-state index contributed by atoms with van der Waals surface area (Å²) in [6.45, 7) is 0. The maximum absolute atomic E-state index is 12.6. The van der Waals surface area contributed by atoms with Crippen LogP contribution in [0.25, 0.3) is 6.08 Å². The number of esters is 1. The first-order valence-electron chi connectivity index (χ1n) is 7.98. The monoisotopic (exact) mass is 414 g/mol. The second-order valence-corrected chi connectivity index (χ2v) is 6.98. The lowest BCUT2D eigenvalue weighted by Crippen LogP contribution is -2.13. The molecular weight excluding hydrogens is 402 g/mol. The molecule has 1 heterocycles. The lowest BCUT2D eigenvalue weighted by molar-refractivity contribution is 0.0733. The first-order valence-corrected chi connectivity index (χ1v) is 9.23. The standard InChI is InChI=1S/C20H13ClNO5S/c21-14-6-9-19(17(12-14)18(23)8-7-16-5-2-10-28-16)27-20(24)13-3-1-4-15(11-13)22(25)26/h1-12,25H/q-1. The lowest BCUT2D eigenvalue weighted by Gasteiger charge is -2.21. The van der Waals surface area contributed by atoms with Crippen LogP contribution in [-0.4, -0.2) is 17.0 Å². The summed E-state index contributed by atoms with van der Waals surface area (Å²) in [7, 11) is 0. The number of carbonyl (C=O) groups is 2. The third-order valence-corrected chi connectivity index (χ3v) is 4.73. The molecule has 0 aliphatic carbocycles. The van der Waals surface area contributed by atoms with Crippen LogP contribution in [0, 0.1) is 5.21 Å². The van der Waals surface area contributed by atoms with E-state index in [2.05, 4.69) is 0 Å². The molecule has 0 aliphatic rings. The summed E-state index contributed by atoms with van der Waals surface area (Å²) in [6.07, 6.45) is 3.03. The number of ether oxygens (including phenoxy) is 1. The van der Waals surface area contributed by atoms with Crippen molar-refractivity contribution in [1.82, 2.24) is 0 Å². The Hall–Kier alpha value is -2.97. The minimum atomic E-state index is -0.790. The van der Waals surface area contributed by atoms with Crippen molar-refractivity contribution in [3.05, 3.63) is 92.3 Å². The van der Waals surface area contributed by atoms with E-state index in [1.54, 1.807) is 6.08 Å². The van der Waals surface area contributed by atoms with Gasteiger partial charge in [-0.05, 0) is 60.0 Å². The number of thiophene rings is 1. The molecule has 28 heavy (non-hydrogen) atoms. The van der Waals surface area contributed by atoms with Gasteiger partial charge in [-0.15, -0.1) is 11.3 Å².